The van der Waals surface area contributed by atoms with Crippen molar-refractivity contribution in [3.05, 3.63) is 107 Å². The maximum atomic E-state index is 10.9. The van der Waals surface area contributed by atoms with Gasteiger partial charge in [0.2, 0.25) is 0 Å². The van der Waals surface area contributed by atoms with Crippen molar-refractivity contribution in [2.45, 2.75) is 69.6 Å². The fraction of sp³-hybridized carbons (Fsp3) is 0.438. The topological polar surface area (TPSA) is 32.7 Å². The zero-order valence-electron chi connectivity index (χ0n) is 21.8. The molecule has 1 aliphatic rings. The molecule has 0 aromatic heterocycles. The van der Waals surface area contributed by atoms with Crippen LogP contribution in [0.25, 0.3) is 0 Å². The second-order valence-electron chi connectivity index (χ2n) is 11.0. The lowest BCUT2D eigenvalue weighted by molar-refractivity contribution is -0.0266. The Hall–Kier alpha value is -2.46. The molecule has 4 rings (SSSR count). The zero-order valence-corrected chi connectivity index (χ0v) is 21.8. The third-order valence-corrected chi connectivity index (χ3v) is 7.69. The molecule has 0 radical (unpaired) electrons. The fourth-order valence-electron chi connectivity index (χ4n) is 5.60. The Balaban J connectivity index is 1.54. The minimum Gasteiger partial charge on any atom is -0.388 e. The number of benzene rings is 3. The van der Waals surface area contributed by atoms with Gasteiger partial charge < -0.3 is 9.84 Å². The molecule has 0 spiro atoms. The number of hydrogen-bond acceptors (Lipinski definition) is 3. The lowest BCUT2D eigenvalue weighted by Gasteiger charge is -2.50. The highest BCUT2D eigenvalue weighted by Gasteiger charge is 2.45. The van der Waals surface area contributed by atoms with Crippen LogP contribution in [0.1, 0.15) is 74.8 Å². The molecule has 1 saturated heterocycles. The first-order valence-electron chi connectivity index (χ1n) is 13.0. The minimum atomic E-state index is -0.441. The van der Waals surface area contributed by atoms with Crippen LogP contribution in [-0.4, -0.2) is 36.3 Å². The summed E-state index contributed by atoms with van der Waals surface area (Å²) in [6.45, 7) is 8.56. The number of aliphatic hydroxyl groups excluding tert-OH is 1. The van der Waals surface area contributed by atoms with E-state index < -0.39 is 6.10 Å². The monoisotopic (exact) mass is 471 g/mol. The van der Waals surface area contributed by atoms with Crippen molar-refractivity contribution in [3.8, 4) is 0 Å². The predicted octanol–water partition coefficient (Wildman–Crippen LogP) is 6.85. The summed E-state index contributed by atoms with van der Waals surface area (Å²) in [6, 6.07) is 30.2. The van der Waals surface area contributed by atoms with Crippen molar-refractivity contribution >= 4 is 0 Å². The first kappa shape index (κ1) is 25.6. The van der Waals surface area contributed by atoms with E-state index in [2.05, 4.69) is 111 Å². The molecular formula is C32H41NO2. The number of ether oxygens (including phenoxy) is 1. The highest BCUT2D eigenvalue weighted by Crippen LogP contribution is 2.44. The molecule has 3 nitrogen and oxygen atoms in total. The molecule has 3 aromatic rings. The quantitative estimate of drug-likeness (QED) is 0.390. The van der Waals surface area contributed by atoms with Crippen LogP contribution in [0.3, 0.4) is 0 Å². The van der Waals surface area contributed by atoms with Crippen molar-refractivity contribution in [1.82, 2.24) is 4.90 Å². The average Bonchev–Trinajstić information content (AvgIpc) is 2.89. The number of aliphatic hydroxyl groups is 1. The second kappa shape index (κ2) is 11.1. The summed E-state index contributed by atoms with van der Waals surface area (Å²) in [5.41, 5.74) is 4.81. The molecule has 3 aromatic carbocycles. The lowest BCUT2D eigenvalue weighted by atomic mass is 9.74. The van der Waals surface area contributed by atoms with Crippen molar-refractivity contribution in [2.24, 2.45) is 0 Å². The number of likely N-dealkylation sites (tertiary alicyclic amines) is 1. The summed E-state index contributed by atoms with van der Waals surface area (Å²) >= 11 is 0. The Bertz CT molecular complexity index is 1000. The van der Waals surface area contributed by atoms with Gasteiger partial charge in [-0.3, -0.25) is 4.90 Å². The van der Waals surface area contributed by atoms with E-state index in [4.69, 9.17) is 4.74 Å². The van der Waals surface area contributed by atoms with Crippen LogP contribution in [0.4, 0.5) is 0 Å². The van der Waals surface area contributed by atoms with Gasteiger partial charge in [-0.25, -0.2) is 0 Å². The molecule has 2 atom stereocenters. The van der Waals surface area contributed by atoms with Gasteiger partial charge in [0.1, 0.15) is 0 Å². The van der Waals surface area contributed by atoms with E-state index in [0.717, 1.165) is 44.3 Å². The van der Waals surface area contributed by atoms with E-state index in [1.54, 1.807) is 0 Å². The van der Waals surface area contributed by atoms with E-state index in [0.29, 0.717) is 0 Å². The summed E-state index contributed by atoms with van der Waals surface area (Å²) in [7, 11) is 1.84. The van der Waals surface area contributed by atoms with E-state index in [9.17, 15) is 5.11 Å². The van der Waals surface area contributed by atoms with E-state index in [1.165, 1.54) is 16.7 Å². The molecule has 1 heterocycles. The van der Waals surface area contributed by atoms with Gasteiger partial charge in [-0.15, -0.1) is 0 Å². The molecule has 0 saturated carbocycles. The molecule has 2 unspecified atom stereocenters. The number of piperidine rings is 1. The van der Waals surface area contributed by atoms with Crippen LogP contribution in [0.15, 0.2) is 84.9 Å². The molecule has 1 fully saturated rings. The van der Waals surface area contributed by atoms with E-state index in [1.807, 2.05) is 7.11 Å². The number of hydrogen-bond donors (Lipinski definition) is 1. The molecular weight excluding hydrogens is 430 g/mol. The maximum absolute atomic E-state index is 10.9. The summed E-state index contributed by atoms with van der Waals surface area (Å²) in [6.07, 6.45) is 3.41. The number of methoxy groups -OCH3 is 1. The summed E-state index contributed by atoms with van der Waals surface area (Å²) in [5.74, 6) is 0. The van der Waals surface area contributed by atoms with Crippen molar-refractivity contribution in [3.63, 3.8) is 0 Å². The van der Waals surface area contributed by atoms with E-state index >= 15 is 0 Å². The summed E-state index contributed by atoms with van der Waals surface area (Å²) < 4.78 is 5.91. The van der Waals surface area contributed by atoms with Gasteiger partial charge in [-0.05, 0) is 53.5 Å². The number of rotatable bonds is 8. The predicted molar refractivity (Wildman–Crippen MR) is 145 cm³/mol. The van der Waals surface area contributed by atoms with Crippen LogP contribution in [-0.2, 0) is 15.7 Å². The number of nitrogens with zero attached hydrogens (tertiary/aromatic N) is 1. The molecule has 1 N–H and O–H groups in total. The van der Waals surface area contributed by atoms with Crippen LogP contribution < -0.4 is 0 Å². The largest absolute Gasteiger partial charge is 0.388 e. The molecule has 3 heteroatoms. The van der Waals surface area contributed by atoms with Crippen molar-refractivity contribution in [2.75, 3.05) is 20.2 Å². The highest BCUT2D eigenvalue weighted by molar-refractivity contribution is 5.39. The minimum absolute atomic E-state index is 0.121. The SMILES string of the molecule is COC1CCN(CCCC(O)c2ccc(C(C)(C)C)cc2)C(c2ccccc2)(c2ccccc2)C1. The fourth-order valence-corrected chi connectivity index (χ4v) is 5.60. The summed E-state index contributed by atoms with van der Waals surface area (Å²) in [4.78, 5) is 2.63. The molecule has 35 heavy (non-hydrogen) atoms. The van der Waals surface area contributed by atoms with Gasteiger partial charge in [-0.2, -0.15) is 0 Å². The Morgan fingerprint density at radius 1 is 0.914 bits per heavy atom. The van der Waals surface area contributed by atoms with Gasteiger partial charge in [0.05, 0.1) is 17.7 Å². The molecule has 0 bridgehead atoms. The first-order valence-corrected chi connectivity index (χ1v) is 13.0. The molecule has 0 aliphatic carbocycles. The van der Waals surface area contributed by atoms with Crippen LogP contribution in [0.5, 0.6) is 0 Å². The maximum Gasteiger partial charge on any atom is 0.0790 e. The van der Waals surface area contributed by atoms with Crippen molar-refractivity contribution < 1.29 is 9.84 Å². The average molecular weight is 472 g/mol. The van der Waals surface area contributed by atoms with Gasteiger partial charge >= 0.3 is 0 Å². The molecule has 1 aliphatic heterocycles. The standard InChI is InChI=1S/C32H41NO2/c1-31(2,3)26-19-17-25(18-20-26)30(34)16-11-22-33-23-21-29(35-4)24-32(33,27-12-7-5-8-13-27)28-14-9-6-10-15-28/h5-10,12-15,17-20,29-30,34H,11,16,21-24H2,1-4H3. The van der Waals surface area contributed by atoms with Crippen LogP contribution >= 0.6 is 0 Å². The van der Waals surface area contributed by atoms with Crippen LogP contribution in [0.2, 0.25) is 0 Å². The Labute approximate surface area is 211 Å². The molecule has 186 valence electrons. The third kappa shape index (κ3) is 5.69. The summed E-state index contributed by atoms with van der Waals surface area (Å²) in [5, 5.41) is 10.9. The normalized spacial score (nSPS) is 19.4. The third-order valence-electron chi connectivity index (χ3n) is 7.69. The zero-order chi connectivity index (χ0) is 24.9. The van der Waals surface area contributed by atoms with Gasteiger partial charge in [-0.1, -0.05) is 106 Å². The lowest BCUT2D eigenvalue weighted by Crippen LogP contribution is -2.54. The molecule has 0 amide bonds. The van der Waals surface area contributed by atoms with E-state index in [-0.39, 0.29) is 17.1 Å². The van der Waals surface area contributed by atoms with Gasteiger partial charge in [0.25, 0.3) is 0 Å². The smallest absolute Gasteiger partial charge is 0.0790 e. The first-order chi connectivity index (χ1) is 16.8. The van der Waals surface area contributed by atoms with Crippen LogP contribution in [0, 0.1) is 0 Å². The van der Waals surface area contributed by atoms with Crippen molar-refractivity contribution in [1.29, 1.82) is 0 Å². The Morgan fingerprint density at radius 2 is 1.49 bits per heavy atom. The highest BCUT2D eigenvalue weighted by atomic mass is 16.5. The Kier molecular flexibility index (Phi) is 8.11. The Morgan fingerprint density at radius 3 is 2.00 bits per heavy atom. The van der Waals surface area contributed by atoms with Gasteiger partial charge in [0.15, 0.2) is 0 Å². The van der Waals surface area contributed by atoms with Gasteiger partial charge in [0, 0.05) is 20.1 Å². The second-order valence-corrected chi connectivity index (χ2v) is 11.0.